The Morgan fingerprint density at radius 1 is 1.33 bits per heavy atom. The van der Waals surface area contributed by atoms with E-state index in [0.717, 1.165) is 36.0 Å². The fourth-order valence-corrected chi connectivity index (χ4v) is 3.13. The second-order valence-electron chi connectivity index (χ2n) is 5.59. The molecular formula is C17H22BrNO2. The van der Waals surface area contributed by atoms with E-state index in [0.29, 0.717) is 0 Å². The Morgan fingerprint density at radius 3 is 2.43 bits per heavy atom. The van der Waals surface area contributed by atoms with Crippen molar-refractivity contribution >= 4 is 21.8 Å². The summed E-state index contributed by atoms with van der Waals surface area (Å²) in [5.74, 6) is -0.482. The third-order valence-corrected chi connectivity index (χ3v) is 4.70. The summed E-state index contributed by atoms with van der Waals surface area (Å²) in [5.41, 5.74) is -0.529. The number of carbonyl (C=O) groups excluding carboxylic acids is 1. The average Bonchev–Trinajstić information content (AvgIpc) is 3.00. The van der Waals surface area contributed by atoms with Gasteiger partial charge in [0.25, 0.3) is 0 Å². The first-order valence-corrected chi connectivity index (χ1v) is 8.19. The van der Waals surface area contributed by atoms with Crippen molar-refractivity contribution in [1.82, 2.24) is 4.90 Å². The molecule has 2 atom stereocenters. The van der Waals surface area contributed by atoms with Gasteiger partial charge in [-0.25, -0.2) is 0 Å². The lowest BCUT2D eigenvalue weighted by molar-refractivity contribution is -0.141. The molecule has 1 heterocycles. The lowest BCUT2D eigenvalue weighted by Gasteiger charge is -2.33. The predicted molar refractivity (Wildman–Crippen MR) is 87.8 cm³/mol. The van der Waals surface area contributed by atoms with Crippen LogP contribution in [-0.4, -0.2) is 29.0 Å². The molecule has 2 unspecified atom stereocenters. The molecule has 0 bridgehead atoms. The van der Waals surface area contributed by atoms with Crippen LogP contribution in [0.4, 0.5) is 0 Å². The smallest absolute Gasteiger partial charge is 0.229 e. The van der Waals surface area contributed by atoms with Crippen molar-refractivity contribution in [1.29, 1.82) is 0 Å². The van der Waals surface area contributed by atoms with Gasteiger partial charge in [0.15, 0.2) is 0 Å². The Bertz CT molecular complexity index is 520. The summed E-state index contributed by atoms with van der Waals surface area (Å²) in [7, 11) is 0. The zero-order chi connectivity index (χ0) is 15.5. The van der Waals surface area contributed by atoms with Crippen LogP contribution < -0.4 is 0 Å². The molecule has 2 rings (SSSR count). The molecule has 4 heteroatoms. The maximum Gasteiger partial charge on any atom is 0.229 e. The van der Waals surface area contributed by atoms with Crippen LogP contribution in [0.1, 0.15) is 32.3 Å². The summed E-state index contributed by atoms with van der Waals surface area (Å²) in [6.07, 6.45) is 5.63. The van der Waals surface area contributed by atoms with E-state index in [4.69, 9.17) is 0 Å². The molecule has 0 saturated carbocycles. The number of carbonyl (C=O) groups is 1. The largest absolute Gasteiger partial charge is 0.380 e. The molecule has 0 aromatic heterocycles. The lowest BCUT2D eigenvalue weighted by atomic mass is 9.81. The number of hydrogen-bond acceptors (Lipinski definition) is 2. The van der Waals surface area contributed by atoms with E-state index < -0.39 is 11.5 Å². The van der Waals surface area contributed by atoms with Crippen LogP contribution in [0.3, 0.4) is 0 Å². The van der Waals surface area contributed by atoms with Crippen molar-refractivity contribution in [3.05, 3.63) is 46.5 Å². The highest BCUT2D eigenvalue weighted by molar-refractivity contribution is 9.10. The Balaban J connectivity index is 2.31. The van der Waals surface area contributed by atoms with Gasteiger partial charge in [0, 0.05) is 17.6 Å². The molecule has 114 valence electrons. The SMILES string of the molecule is C/C=C/C(O)(c1ccc(Br)cc1)C(C)C(=O)N1CCCC1. The molecule has 1 amide bonds. The number of nitrogens with zero attached hydrogens (tertiary/aromatic N) is 1. The Hall–Kier alpha value is -1.13. The van der Waals surface area contributed by atoms with Gasteiger partial charge < -0.3 is 10.0 Å². The van der Waals surface area contributed by atoms with Gasteiger partial charge in [0.05, 0.1) is 5.92 Å². The Labute approximate surface area is 134 Å². The molecule has 1 aromatic rings. The topological polar surface area (TPSA) is 40.5 Å². The second kappa shape index (κ2) is 6.75. The highest BCUT2D eigenvalue weighted by Gasteiger charge is 2.39. The standard InChI is InChI=1S/C17H22BrNO2/c1-3-10-17(21,14-6-8-15(18)9-7-14)13(2)16(20)19-11-4-5-12-19/h3,6-10,13,21H,4-5,11-12H2,1-2H3/b10-3+. The Morgan fingerprint density at radius 2 is 1.90 bits per heavy atom. The maximum atomic E-state index is 12.6. The minimum absolute atomic E-state index is 0.0241. The van der Waals surface area contributed by atoms with Crippen molar-refractivity contribution in [3.63, 3.8) is 0 Å². The molecule has 1 aromatic carbocycles. The number of likely N-dealkylation sites (tertiary alicyclic amines) is 1. The quantitative estimate of drug-likeness (QED) is 0.843. The van der Waals surface area contributed by atoms with E-state index >= 15 is 0 Å². The van der Waals surface area contributed by atoms with E-state index in [1.54, 1.807) is 12.2 Å². The third-order valence-electron chi connectivity index (χ3n) is 4.18. The number of aliphatic hydroxyl groups is 1. The third kappa shape index (κ3) is 3.38. The maximum absolute atomic E-state index is 12.6. The molecule has 1 aliphatic heterocycles. The van der Waals surface area contributed by atoms with E-state index in [1.165, 1.54) is 0 Å². The van der Waals surface area contributed by atoms with Crippen LogP contribution in [0.2, 0.25) is 0 Å². The van der Waals surface area contributed by atoms with Crippen LogP contribution in [0.25, 0.3) is 0 Å². The minimum atomic E-state index is -1.27. The summed E-state index contributed by atoms with van der Waals surface area (Å²) in [6.45, 7) is 5.27. The van der Waals surface area contributed by atoms with Crippen molar-refractivity contribution in [2.24, 2.45) is 5.92 Å². The first kappa shape index (κ1) is 16.2. The van der Waals surface area contributed by atoms with Gasteiger partial charge in [-0.05, 0) is 37.5 Å². The highest BCUT2D eigenvalue weighted by atomic mass is 79.9. The fourth-order valence-electron chi connectivity index (χ4n) is 2.86. The number of allylic oxidation sites excluding steroid dienone is 1. The van der Waals surface area contributed by atoms with Crippen LogP contribution >= 0.6 is 15.9 Å². The molecule has 0 radical (unpaired) electrons. The zero-order valence-electron chi connectivity index (χ0n) is 12.6. The predicted octanol–water partition coefficient (Wildman–Crippen LogP) is 3.47. The molecule has 1 fully saturated rings. The molecule has 21 heavy (non-hydrogen) atoms. The van der Waals surface area contributed by atoms with E-state index in [2.05, 4.69) is 15.9 Å². The van der Waals surface area contributed by atoms with E-state index in [1.807, 2.05) is 43.0 Å². The van der Waals surface area contributed by atoms with Gasteiger partial charge in [-0.3, -0.25) is 4.79 Å². The number of amides is 1. The van der Waals surface area contributed by atoms with Crippen LogP contribution in [0.5, 0.6) is 0 Å². The molecule has 1 aliphatic rings. The molecule has 0 spiro atoms. The van der Waals surface area contributed by atoms with Gasteiger partial charge in [0.1, 0.15) is 5.60 Å². The lowest BCUT2D eigenvalue weighted by Crippen LogP contribution is -2.43. The second-order valence-corrected chi connectivity index (χ2v) is 6.50. The van der Waals surface area contributed by atoms with E-state index in [-0.39, 0.29) is 5.91 Å². The summed E-state index contributed by atoms with van der Waals surface area (Å²) in [5, 5.41) is 11.1. The summed E-state index contributed by atoms with van der Waals surface area (Å²) in [4.78, 5) is 14.5. The minimum Gasteiger partial charge on any atom is -0.380 e. The fraction of sp³-hybridized carbons (Fsp3) is 0.471. The van der Waals surface area contributed by atoms with Crippen molar-refractivity contribution in [2.45, 2.75) is 32.3 Å². The van der Waals surface area contributed by atoms with Crippen LogP contribution in [-0.2, 0) is 10.4 Å². The summed E-state index contributed by atoms with van der Waals surface area (Å²) < 4.78 is 0.951. The van der Waals surface area contributed by atoms with Crippen LogP contribution in [0.15, 0.2) is 40.9 Å². The molecular weight excluding hydrogens is 330 g/mol. The van der Waals surface area contributed by atoms with Crippen molar-refractivity contribution < 1.29 is 9.90 Å². The first-order chi connectivity index (χ1) is 9.99. The number of rotatable bonds is 4. The molecule has 3 nitrogen and oxygen atoms in total. The number of benzene rings is 1. The van der Waals surface area contributed by atoms with Gasteiger partial charge in [-0.1, -0.05) is 47.1 Å². The molecule has 0 aliphatic carbocycles. The monoisotopic (exact) mass is 351 g/mol. The van der Waals surface area contributed by atoms with Crippen LogP contribution in [0, 0.1) is 5.92 Å². The van der Waals surface area contributed by atoms with Gasteiger partial charge >= 0.3 is 0 Å². The zero-order valence-corrected chi connectivity index (χ0v) is 14.1. The van der Waals surface area contributed by atoms with Gasteiger partial charge in [0.2, 0.25) is 5.91 Å². The van der Waals surface area contributed by atoms with Crippen molar-refractivity contribution in [3.8, 4) is 0 Å². The van der Waals surface area contributed by atoms with Gasteiger partial charge in [-0.2, -0.15) is 0 Å². The average molecular weight is 352 g/mol. The van der Waals surface area contributed by atoms with Crippen molar-refractivity contribution in [2.75, 3.05) is 13.1 Å². The summed E-state index contributed by atoms with van der Waals surface area (Å²) in [6, 6.07) is 7.49. The molecule has 1 saturated heterocycles. The number of hydrogen-bond donors (Lipinski definition) is 1. The highest BCUT2D eigenvalue weighted by Crippen LogP contribution is 2.34. The molecule has 1 N–H and O–H groups in total. The Kier molecular flexibility index (Phi) is 5.22. The number of halogens is 1. The summed E-state index contributed by atoms with van der Waals surface area (Å²) >= 11 is 3.40. The first-order valence-electron chi connectivity index (χ1n) is 7.40. The van der Waals surface area contributed by atoms with E-state index in [9.17, 15) is 9.90 Å². The van der Waals surface area contributed by atoms with Gasteiger partial charge in [-0.15, -0.1) is 0 Å². The normalized spacial score (nSPS) is 19.7.